The fourth-order valence-electron chi connectivity index (χ4n) is 5.09. The molecule has 0 saturated carbocycles. The van der Waals surface area contributed by atoms with E-state index in [-0.39, 0.29) is 41.9 Å². The molecular formula is C30H30F3N3O4. The van der Waals surface area contributed by atoms with Gasteiger partial charge in [0.25, 0.3) is 11.8 Å². The standard InChI is InChI=1S/C30H30F3N3O4/c1-36-25-13-12-23(17-34-16-19-5-3-2-4-6-19)40-27(25)18-39-26-14-11-22(15-24(26)29(36)38)35-28(37)20-7-9-21(10-8-20)30(31,32)33/h2-11,14-15,23,25,27,34H,12-13,16-18H2,1H3,(H,35,37)/t23-,25-,27-/m0/s1. The summed E-state index contributed by atoms with van der Waals surface area (Å²) >= 11 is 0. The van der Waals surface area contributed by atoms with Crippen LogP contribution in [0.2, 0.25) is 0 Å². The molecule has 0 aromatic heterocycles. The Hall–Kier alpha value is -3.89. The van der Waals surface area contributed by atoms with Gasteiger partial charge in [-0.3, -0.25) is 9.59 Å². The van der Waals surface area contributed by atoms with Gasteiger partial charge in [0, 0.05) is 31.4 Å². The van der Waals surface area contributed by atoms with Crippen molar-refractivity contribution in [2.24, 2.45) is 0 Å². The van der Waals surface area contributed by atoms with Gasteiger partial charge in [0.05, 0.1) is 23.3 Å². The first-order valence-electron chi connectivity index (χ1n) is 13.1. The van der Waals surface area contributed by atoms with Crippen LogP contribution in [0.25, 0.3) is 0 Å². The number of carbonyl (C=O) groups is 2. The van der Waals surface area contributed by atoms with Crippen LogP contribution in [-0.4, -0.2) is 55.2 Å². The smallest absolute Gasteiger partial charge is 0.416 e. The first kappa shape index (κ1) is 27.7. The van der Waals surface area contributed by atoms with Crippen LogP contribution in [0.1, 0.15) is 44.7 Å². The minimum absolute atomic E-state index is 0.00116. The molecule has 2 amide bonds. The molecule has 2 N–H and O–H groups in total. The lowest BCUT2D eigenvalue weighted by Gasteiger charge is -2.42. The SMILES string of the molecule is CN1C(=O)c2cc(NC(=O)c3ccc(C(F)(F)F)cc3)ccc2OC[C@@H]2O[C@H](CNCc3ccccc3)CC[C@@H]21. The second-order valence-electron chi connectivity index (χ2n) is 10.0. The zero-order valence-electron chi connectivity index (χ0n) is 21.9. The molecule has 3 aromatic carbocycles. The second-order valence-corrected chi connectivity index (χ2v) is 10.0. The number of hydrogen-bond acceptors (Lipinski definition) is 5. The molecule has 3 aromatic rings. The number of fused-ring (bicyclic) bond motifs is 2. The lowest BCUT2D eigenvalue weighted by molar-refractivity contribution is -0.137. The Morgan fingerprint density at radius 2 is 1.77 bits per heavy atom. The summed E-state index contributed by atoms with van der Waals surface area (Å²) in [6.07, 6.45) is -3.23. The van der Waals surface area contributed by atoms with Crippen LogP contribution < -0.4 is 15.4 Å². The maximum absolute atomic E-state index is 13.5. The van der Waals surface area contributed by atoms with E-state index in [0.29, 0.717) is 18.0 Å². The molecule has 0 bridgehead atoms. The number of ether oxygens (including phenoxy) is 2. The fourth-order valence-corrected chi connectivity index (χ4v) is 5.09. The molecule has 10 heteroatoms. The molecule has 5 rings (SSSR count). The average molecular weight is 554 g/mol. The van der Waals surface area contributed by atoms with Gasteiger partial charge in [0.1, 0.15) is 18.5 Å². The van der Waals surface area contributed by atoms with Crippen LogP contribution >= 0.6 is 0 Å². The molecule has 0 radical (unpaired) electrons. The number of anilines is 1. The van der Waals surface area contributed by atoms with E-state index in [1.807, 2.05) is 18.2 Å². The third-order valence-electron chi connectivity index (χ3n) is 7.29. The molecule has 1 fully saturated rings. The highest BCUT2D eigenvalue weighted by molar-refractivity contribution is 6.05. The Labute approximate surface area is 230 Å². The quantitative estimate of drug-likeness (QED) is 0.443. The first-order valence-corrected chi connectivity index (χ1v) is 13.1. The van der Waals surface area contributed by atoms with Crippen LogP contribution in [-0.2, 0) is 17.5 Å². The van der Waals surface area contributed by atoms with Crippen molar-refractivity contribution in [3.8, 4) is 5.75 Å². The lowest BCUT2D eigenvalue weighted by Crippen LogP contribution is -2.54. The van der Waals surface area contributed by atoms with Crippen molar-refractivity contribution in [2.75, 3.05) is 25.5 Å². The minimum Gasteiger partial charge on any atom is -0.490 e. The highest BCUT2D eigenvalue weighted by Crippen LogP contribution is 2.32. The summed E-state index contributed by atoms with van der Waals surface area (Å²) in [4.78, 5) is 27.8. The average Bonchev–Trinajstić information content (AvgIpc) is 2.95. The lowest BCUT2D eigenvalue weighted by atomic mass is 9.95. The summed E-state index contributed by atoms with van der Waals surface area (Å²) in [7, 11) is 1.74. The highest BCUT2D eigenvalue weighted by atomic mass is 19.4. The molecule has 2 aliphatic rings. The molecule has 3 atom stereocenters. The zero-order chi connectivity index (χ0) is 28.3. The number of amides is 2. The summed E-state index contributed by atoms with van der Waals surface area (Å²) in [5.41, 5.74) is 1.04. The van der Waals surface area contributed by atoms with Crippen LogP contribution in [0.4, 0.5) is 18.9 Å². The second kappa shape index (κ2) is 11.7. The van der Waals surface area contributed by atoms with Crippen molar-refractivity contribution in [3.05, 3.63) is 95.1 Å². The van der Waals surface area contributed by atoms with E-state index in [2.05, 4.69) is 22.8 Å². The third-order valence-corrected chi connectivity index (χ3v) is 7.29. The Morgan fingerprint density at radius 3 is 2.50 bits per heavy atom. The molecule has 0 spiro atoms. The molecule has 0 unspecified atom stereocenters. The number of alkyl halides is 3. The van der Waals surface area contributed by atoms with Gasteiger partial charge >= 0.3 is 6.18 Å². The molecule has 210 valence electrons. The van der Waals surface area contributed by atoms with Crippen LogP contribution in [0.15, 0.2) is 72.8 Å². The largest absolute Gasteiger partial charge is 0.490 e. The Bertz CT molecular complexity index is 1350. The molecule has 1 saturated heterocycles. The predicted molar refractivity (Wildman–Crippen MR) is 143 cm³/mol. The highest BCUT2D eigenvalue weighted by Gasteiger charge is 2.38. The maximum Gasteiger partial charge on any atom is 0.416 e. The molecule has 2 aliphatic heterocycles. The Kier molecular flexibility index (Phi) is 8.09. The monoisotopic (exact) mass is 553 g/mol. The van der Waals surface area contributed by atoms with Crippen LogP contribution in [0.5, 0.6) is 5.75 Å². The summed E-state index contributed by atoms with van der Waals surface area (Å²) in [6, 6.07) is 18.6. The molecule has 2 heterocycles. The molecule has 40 heavy (non-hydrogen) atoms. The number of carbonyl (C=O) groups excluding carboxylic acids is 2. The van der Waals surface area contributed by atoms with Gasteiger partial charge in [-0.2, -0.15) is 13.2 Å². The van der Waals surface area contributed by atoms with Gasteiger partial charge in [0.2, 0.25) is 0 Å². The van der Waals surface area contributed by atoms with Crippen molar-refractivity contribution in [1.82, 2.24) is 10.2 Å². The molecule has 7 nitrogen and oxygen atoms in total. The Balaban J connectivity index is 1.23. The van der Waals surface area contributed by atoms with Crippen molar-refractivity contribution in [1.29, 1.82) is 0 Å². The van der Waals surface area contributed by atoms with E-state index in [9.17, 15) is 22.8 Å². The number of benzene rings is 3. The normalized spacial score (nSPS) is 20.9. The van der Waals surface area contributed by atoms with E-state index in [4.69, 9.17) is 9.47 Å². The number of halogens is 3. The van der Waals surface area contributed by atoms with E-state index < -0.39 is 17.6 Å². The van der Waals surface area contributed by atoms with Gasteiger partial charge in [-0.15, -0.1) is 0 Å². The van der Waals surface area contributed by atoms with E-state index >= 15 is 0 Å². The number of nitrogens with zero attached hydrogens (tertiary/aromatic N) is 1. The van der Waals surface area contributed by atoms with Gasteiger partial charge in [-0.25, -0.2) is 0 Å². The summed E-state index contributed by atoms with van der Waals surface area (Å²) in [5.74, 6) is -0.482. The van der Waals surface area contributed by atoms with Gasteiger partial charge < -0.3 is 25.0 Å². The van der Waals surface area contributed by atoms with Crippen molar-refractivity contribution in [2.45, 2.75) is 43.8 Å². The van der Waals surface area contributed by atoms with E-state index in [1.54, 1.807) is 24.1 Å². The zero-order valence-corrected chi connectivity index (χ0v) is 21.9. The van der Waals surface area contributed by atoms with Crippen molar-refractivity contribution in [3.63, 3.8) is 0 Å². The number of hydrogen-bond donors (Lipinski definition) is 2. The van der Waals surface area contributed by atoms with Gasteiger partial charge in [-0.1, -0.05) is 30.3 Å². The van der Waals surface area contributed by atoms with Crippen molar-refractivity contribution >= 4 is 17.5 Å². The molecular weight excluding hydrogens is 523 g/mol. The topological polar surface area (TPSA) is 79.9 Å². The fraction of sp³-hybridized carbons (Fsp3) is 0.333. The van der Waals surface area contributed by atoms with Gasteiger partial charge in [0.15, 0.2) is 0 Å². The predicted octanol–water partition coefficient (Wildman–Crippen LogP) is 5.13. The number of rotatable bonds is 6. The third kappa shape index (κ3) is 6.29. The maximum atomic E-state index is 13.5. The first-order chi connectivity index (χ1) is 19.2. The van der Waals surface area contributed by atoms with E-state index in [1.165, 1.54) is 11.6 Å². The number of likely N-dealkylation sites (N-methyl/N-ethyl adjacent to an activating group) is 1. The summed E-state index contributed by atoms with van der Waals surface area (Å²) in [5, 5.41) is 6.10. The molecule has 0 aliphatic carbocycles. The van der Waals surface area contributed by atoms with Crippen LogP contribution in [0, 0.1) is 0 Å². The summed E-state index contributed by atoms with van der Waals surface area (Å²) < 4.78 is 50.9. The van der Waals surface area contributed by atoms with Crippen molar-refractivity contribution < 1.29 is 32.2 Å². The van der Waals surface area contributed by atoms with Crippen LogP contribution in [0.3, 0.4) is 0 Å². The van der Waals surface area contributed by atoms with Gasteiger partial charge in [-0.05, 0) is 60.9 Å². The van der Waals surface area contributed by atoms with E-state index in [0.717, 1.165) is 43.7 Å². The Morgan fingerprint density at radius 1 is 1.02 bits per heavy atom. The summed E-state index contributed by atoms with van der Waals surface area (Å²) in [6.45, 7) is 1.70. The number of nitrogens with one attached hydrogen (secondary N) is 2. The minimum atomic E-state index is -4.49.